The second-order valence-corrected chi connectivity index (χ2v) is 6.45. The van der Waals surface area contributed by atoms with Crippen molar-refractivity contribution in [3.8, 4) is 11.8 Å². The third-order valence-corrected chi connectivity index (χ3v) is 4.67. The highest BCUT2D eigenvalue weighted by atomic mass is 79.9. The van der Waals surface area contributed by atoms with Gasteiger partial charge in [-0.05, 0) is 46.1 Å². The van der Waals surface area contributed by atoms with Gasteiger partial charge in [0.2, 0.25) is 0 Å². The van der Waals surface area contributed by atoms with E-state index in [9.17, 15) is 0 Å². The number of benzene rings is 1. The number of pyridine rings is 1. The Morgan fingerprint density at radius 1 is 1.04 bits per heavy atom. The number of rotatable bonds is 1. The summed E-state index contributed by atoms with van der Waals surface area (Å²) in [5.74, 6) is 7.22. The Hall–Kier alpha value is -1.90. The highest BCUT2D eigenvalue weighted by Gasteiger charge is 2.20. The van der Waals surface area contributed by atoms with Crippen LogP contribution in [0.3, 0.4) is 0 Å². The van der Waals surface area contributed by atoms with Crippen LogP contribution in [0, 0.1) is 11.8 Å². The molecule has 0 bridgehead atoms. The maximum Gasteiger partial charge on any atom is 0.153 e. The normalized spacial score (nSPS) is 14.1. The Labute approximate surface area is 150 Å². The van der Waals surface area contributed by atoms with Crippen LogP contribution in [0.5, 0.6) is 0 Å². The summed E-state index contributed by atoms with van der Waals surface area (Å²) in [5, 5.41) is 0. The minimum atomic E-state index is 0.716. The summed E-state index contributed by atoms with van der Waals surface area (Å²) in [6.45, 7) is 3.52. The summed E-state index contributed by atoms with van der Waals surface area (Å²) < 4.78 is 1.03. The first kappa shape index (κ1) is 16.0. The van der Waals surface area contributed by atoms with Crippen molar-refractivity contribution in [2.24, 2.45) is 0 Å². The SMILES string of the molecule is S=C(C#Cc1ccccc1)N1CCN(c2ncccc2Br)CC1. The Kier molecular flexibility index (Phi) is 5.27. The van der Waals surface area contributed by atoms with E-state index < -0.39 is 0 Å². The summed E-state index contributed by atoms with van der Waals surface area (Å²) >= 11 is 9.02. The van der Waals surface area contributed by atoms with E-state index in [-0.39, 0.29) is 0 Å². The van der Waals surface area contributed by atoms with Gasteiger partial charge in [-0.1, -0.05) is 36.3 Å². The highest BCUT2D eigenvalue weighted by molar-refractivity contribution is 9.10. The van der Waals surface area contributed by atoms with E-state index >= 15 is 0 Å². The van der Waals surface area contributed by atoms with Crippen molar-refractivity contribution in [2.75, 3.05) is 31.1 Å². The van der Waals surface area contributed by atoms with E-state index in [4.69, 9.17) is 12.2 Å². The minimum Gasteiger partial charge on any atom is -0.352 e. The number of piperazine rings is 1. The molecule has 2 heterocycles. The molecule has 1 fully saturated rings. The van der Waals surface area contributed by atoms with Crippen LogP contribution < -0.4 is 4.90 Å². The lowest BCUT2D eigenvalue weighted by atomic mass is 10.2. The Morgan fingerprint density at radius 3 is 2.48 bits per heavy atom. The number of hydrogen-bond donors (Lipinski definition) is 0. The first-order valence-corrected chi connectivity index (χ1v) is 8.65. The summed E-state index contributed by atoms with van der Waals surface area (Å²) in [6.07, 6.45) is 1.82. The van der Waals surface area contributed by atoms with Gasteiger partial charge in [0.15, 0.2) is 4.99 Å². The monoisotopic (exact) mass is 385 g/mol. The van der Waals surface area contributed by atoms with Gasteiger partial charge < -0.3 is 9.80 Å². The maximum absolute atomic E-state index is 5.46. The van der Waals surface area contributed by atoms with Crippen molar-refractivity contribution in [1.82, 2.24) is 9.88 Å². The van der Waals surface area contributed by atoms with Crippen LogP contribution in [0.25, 0.3) is 0 Å². The summed E-state index contributed by atoms with van der Waals surface area (Å²) in [7, 11) is 0. The van der Waals surface area contributed by atoms with Gasteiger partial charge in [0.05, 0.1) is 4.47 Å². The first-order valence-electron chi connectivity index (χ1n) is 7.45. The van der Waals surface area contributed by atoms with Crippen molar-refractivity contribution >= 4 is 39.0 Å². The number of aromatic nitrogens is 1. The fraction of sp³-hybridized carbons (Fsp3) is 0.222. The van der Waals surface area contributed by atoms with Crippen LogP contribution in [-0.4, -0.2) is 41.1 Å². The lowest BCUT2D eigenvalue weighted by Crippen LogP contribution is -2.48. The van der Waals surface area contributed by atoms with Crippen molar-refractivity contribution < 1.29 is 0 Å². The van der Waals surface area contributed by atoms with Gasteiger partial charge in [0.1, 0.15) is 5.82 Å². The average molecular weight is 386 g/mol. The van der Waals surface area contributed by atoms with E-state index in [1.807, 2.05) is 48.7 Å². The van der Waals surface area contributed by atoms with Gasteiger partial charge in [-0.15, -0.1) is 0 Å². The lowest BCUT2D eigenvalue weighted by molar-refractivity contribution is 0.393. The maximum atomic E-state index is 5.46. The molecule has 1 aromatic heterocycles. The zero-order valence-electron chi connectivity index (χ0n) is 12.6. The molecule has 3 rings (SSSR count). The van der Waals surface area contributed by atoms with Crippen molar-refractivity contribution in [3.63, 3.8) is 0 Å². The molecule has 1 aromatic carbocycles. The second kappa shape index (κ2) is 7.58. The van der Waals surface area contributed by atoms with Crippen LogP contribution in [0.15, 0.2) is 53.1 Å². The minimum absolute atomic E-state index is 0.716. The molecule has 0 N–H and O–H groups in total. The van der Waals surface area contributed by atoms with E-state index in [2.05, 4.69) is 42.6 Å². The molecule has 1 aliphatic heterocycles. The average Bonchev–Trinajstić information content (AvgIpc) is 2.61. The lowest BCUT2D eigenvalue weighted by Gasteiger charge is -2.36. The summed E-state index contributed by atoms with van der Waals surface area (Å²) in [4.78, 5) is 9.60. The van der Waals surface area contributed by atoms with Gasteiger partial charge in [-0.3, -0.25) is 0 Å². The number of thiocarbonyl (C=S) groups is 1. The molecule has 0 saturated carbocycles. The molecule has 23 heavy (non-hydrogen) atoms. The molecule has 0 spiro atoms. The molecule has 116 valence electrons. The third kappa shape index (κ3) is 4.10. The molecule has 0 radical (unpaired) electrons. The zero-order valence-corrected chi connectivity index (χ0v) is 15.0. The third-order valence-electron chi connectivity index (χ3n) is 3.69. The predicted molar refractivity (Wildman–Crippen MR) is 102 cm³/mol. The smallest absolute Gasteiger partial charge is 0.153 e. The molecular formula is C18H16BrN3S. The Morgan fingerprint density at radius 2 is 1.78 bits per heavy atom. The van der Waals surface area contributed by atoms with Crippen LogP contribution in [0.1, 0.15) is 5.56 Å². The number of nitrogens with zero attached hydrogens (tertiary/aromatic N) is 3. The predicted octanol–water partition coefficient (Wildman–Crippen LogP) is 3.35. The van der Waals surface area contributed by atoms with Crippen molar-refractivity contribution in [3.05, 3.63) is 58.7 Å². The molecule has 0 amide bonds. The van der Waals surface area contributed by atoms with Crippen molar-refractivity contribution in [2.45, 2.75) is 0 Å². The molecule has 2 aromatic rings. The van der Waals surface area contributed by atoms with E-state index in [1.54, 1.807) is 0 Å². The van der Waals surface area contributed by atoms with Gasteiger partial charge in [-0.2, -0.15) is 0 Å². The summed E-state index contributed by atoms with van der Waals surface area (Å²) in [5.41, 5.74) is 0.992. The fourth-order valence-corrected chi connectivity index (χ4v) is 3.20. The molecule has 5 heteroatoms. The number of anilines is 1. The van der Waals surface area contributed by atoms with Gasteiger partial charge in [-0.25, -0.2) is 4.98 Å². The molecular weight excluding hydrogens is 370 g/mol. The number of halogens is 1. The van der Waals surface area contributed by atoms with Crippen LogP contribution in [-0.2, 0) is 0 Å². The topological polar surface area (TPSA) is 19.4 Å². The molecule has 1 saturated heterocycles. The van der Waals surface area contributed by atoms with Crippen LogP contribution >= 0.6 is 28.1 Å². The molecule has 0 atom stereocenters. The largest absolute Gasteiger partial charge is 0.352 e. The summed E-state index contributed by atoms with van der Waals surface area (Å²) in [6, 6.07) is 13.9. The van der Waals surface area contributed by atoms with E-state index in [0.717, 1.165) is 42.0 Å². The standard InChI is InChI=1S/C18H16BrN3S/c19-16-7-4-10-20-18(16)22-13-11-21(12-14-22)17(23)9-8-15-5-2-1-3-6-15/h1-7,10H,11-14H2. The highest BCUT2D eigenvalue weighted by Crippen LogP contribution is 2.23. The second-order valence-electron chi connectivity index (χ2n) is 5.20. The van der Waals surface area contributed by atoms with Crippen LogP contribution in [0.4, 0.5) is 5.82 Å². The van der Waals surface area contributed by atoms with Gasteiger partial charge >= 0.3 is 0 Å². The first-order chi connectivity index (χ1) is 11.2. The van der Waals surface area contributed by atoms with Crippen molar-refractivity contribution in [1.29, 1.82) is 0 Å². The molecule has 1 aliphatic rings. The van der Waals surface area contributed by atoms with Crippen LogP contribution in [0.2, 0.25) is 0 Å². The van der Waals surface area contributed by atoms with Gasteiger partial charge in [0.25, 0.3) is 0 Å². The molecule has 0 aliphatic carbocycles. The molecule has 0 unspecified atom stereocenters. The number of hydrogen-bond acceptors (Lipinski definition) is 3. The Bertz CT molecular complexity index is 744. The van der Waals surface area contributed by atoms with Gasteiger partial charge in [0, 0.05) is 37.9 Å². The molecule has 3 nitrogen and oxygen atoms in total. The fourth-order valence-electron chi connectivity index (χ4n) is 2.46. The Balaban J connectivity index is 1.60. The zero-order chi connectivity index (χ0) is 16.1. The van der Waals surface area contributed by atoms with E-state index in [0.29, 0.717) is 4.99 Å². The van der Waals surface area contributed by atoms with E-state index in [1.165, 1.54) is 0 Å². The quantitative estimate of drug-likeness (QED) is 0.553.